The van der Waals surface area contributed by atoms with Crippen LogP contribution in [0, 0.1) is 5.92 Å². The second-order valence-electron chi connectivity index (χ2n) is 4.24. The standard InChI is InChI=1S/C11H14BrN3O4S/c1-2-15(7-5-19-4-6(7)9(16)17)11(18)14-10-13-3-8(12)20-10/h3,6-7H,2,4-5H2,1H3,(H,16,17)(H,13,14,18). The first-order valence-electron chi connectivity index (χ1n) is 6.02. The maximum Gasteiger partial charge on any atom is 0.323 e. The van der Waals surface area contributed by atoms with Gasteiger partial charge in [0, 0.05) is 6.54 Å². The fraction of sp³-hybridized carbons (Fsp3) is 0.545. The molecule has 2 atom stereocenters. The molecule has 1 aromatic heterocycles. The van der Waals surface area contributed by atoms with E-state index in [1.165, 1.54) is 16.2 Å². The number of thiazole rings is 1. The molecule has 2 N–H and O–H groups in total. The van der Waals surface area contributed by atoms with Gasteiger partial charge in [-0.3, -0.25) is 10.1 Å². The summed E-state index contributed by atoms with van der Waals surface area (Å²) in [5, 5.41) is 12.3. The summed E-state index contributed by atoms with van der Waals surface area (Å²) in [5.41, 5.74) is 0. The lowest BCUT2D eigenvalue weighted by molar-refractivity contribution is -0.142. The highest BCUT2D eigenvalue weighted by atomic mass is 79.9. The van der Waals surface area contributed by atoms with E-state index < -0.39 is 17.9 Å². The molecule has 9 heteroatoms. The third kappa shape index (κ3) is 3.28. The summed E-state index contributed by atoms with van der Waals surface area (Å²) in [4.78, 5) is 28.9. The lowest BCUT2D eigenvalue weighted by atomic mass is 10.0. The number of carbonyl (C=O) groups excluding carboxylic acids is 1. The smallest absolute Gasteiger partial charge is 0.323 e. The lowest BCUT2D eigenvalue weighted by Crippen LogP contribution is -2.48. The molecule has 2 heterocycles. The monoisotopic (exact) mass is 363 g/mol. The second kappa shape index (κ2) is 6.51. The number of carboxylic acid groups (broad SMARTS) is 1. The molecule has 1 saturated heterocycles. The number of ether oxygens (including phenoxy) is 1. The molecule has 0 aliphatic carbocycles. The van der Waals surface area contributed by atoms with Crippen LogP contribution in [-0.2, 0) is 9.53 Å². The van der Waals surface area contributed by atoms with Crippen molar-refractivity contribution in [3.8, 4) is 0 Å². The van der Waals surface area contributed by atoms with Gasteiger partial charge in [-0.05, 0) is 22.9 Å². The molecule has 1 aliphatic heterocycles. The van der Waals surface area contributed by atoms with Gasteiger partial charge in [0.1, 0.15) is 5.92 Å². The number of aromatic nitrogens is 1. The van der Waals surface area contributed by atoms with Crippen molar-refractivity contribution in [3.05, 3.63) is 9.98 Å². The third-order valence-corrected chi connectivity index (χ3v) is 4.45. The molecule has 1 aromatic rings. The SMILES string of the molecule is CCN(C(=O)Nc1ncc(Br)s1)C1COCC1C(=O)O. The first kappa shape index (κ1) is 15.2. The predicted molar refractivity (Wildman–Crippen MR) is 76.9 cm³/mol. The van der Waals surface area contributed by atoms with E-state index in [1.54, 1.807) is 13.1 Å². The van der Waals surface area contributed by atoms with Crippen LogP contribution >= 0.6 is 27.3 Å². The molecule has 2 rings (SSSR count). The number of hydrogen-bond donors (Lipinski definition) is 2. The Morgan fingerprint density at radius 3 is 2.95 bits per heavy atom. The molecular weight excluding hydrogens is 350 g/mol. The van der Waals surface area contributed by atoms with Gasteiger partial charge >= 0.3 is 12.0 Å². The van der Waals surface area contributed by atoms with Crippen molar-refractivity contribution in [2.24, 2.45) is 5.92 Å². The number of carboxylic acids is 1. The first-order chi connectivity index (χ1) is 9.52. The van der Waals surface area contributed by atoms with Gasteiger partial charge in [0.15, 0.2) is 5.13 Å². The Balaban J connectivity index is 2.07. The zero-order chi connectivity index (χ0) is 14.7. The molecule has 7 nitrogen and oxygen atoms in total. The number of halogens is 1. The average molecular weight is 364 g/mol. The number of hydrogen-bond acceptors (Lipinski definition) is 5. The van der Waals surface area contributed by atoms with Crippen LogP contribution in [0.5, 0.6) is 0 Å². The van der Waals surface area contributed by atoms with Crippen LogP contribution in [0.4, 0.5) is 9.93 Å². The fourth-order valence-corrected chi connectivity index (χ4v) is 3.19. The molecule has 1 aliphatic rings. The molecule has 0 aromatic carbocycles. The highest BCUT2D eigenvalue weighted by Gasteiger charge is 2.39. The summed E-state index contributed by atoms with van der Waals surface area (Å²) >= 11 is 4.56. The molecule has 0 radical (unpaired) electrons. The number of likely N-dealkylation sites (N-methyl/N-ethyl adjacent to an activating group) is 1. The summed E-state index contributed by atoms with van der Waals surface area (Å²) in [5.74, 6) is -1.64. The minimum Gasteiger partial charge on any atom is -0.481 e. The molecule has 1 fully saturated rings. The Hall–Kier alpha value is -1.19. The van der Waals surface area contributed by atoms with E-state index in [0.717, 1.165) is 3.79 Å². The van der Waals surface area contributed by atoms with Gasteiger partial charge in [-0.1, -0.05) is 11.3 Å². The maximum absolute atomic E-state index is 12.2. The molecule has 20 heavy (non-hydrogen) atoms. The van der Waals surface area contributed by atoms with Crippen molar-refractivity contribution in [1.82, 2.24) is 9.88 Å². The lowest BCUT2D eigenvalue weighted by Gasteiger charge is -2.28. The van der Waals surface area contributed by atoms with Gasteiger partial charge in [-0.2, -0.15) is 0 Å². The van der Waals surface area contributed by atoms with Crippen LogP contribution in [0.25, 0.3) is 0 Å². The highest BCUT2D eigenvalue weighted by molar-refractivity contribution is 9.11. The van der Waals surface area contributed by atoms with E-state index in [4.69, 9.17) is 9.84 Å². The van der Waals surface area contributed by atoms with E-state index in [0.29, 0.717) is 11.7 Å². The van der Waals surface area contributed by atoms with Gasteiger partial charge in [-0.25, -0.2) is 9.78 Å². The van der Waals surface area contributed by atoms with E-state index in [9.17, 15) is 9.59 Å². The number of carbonyl (C=O) groups is 2. The summed E-state index contributed by atoms with van der Waals surface area (Å²) in [7, 11) is 0. The maximum atomic E-state index is 12.2. The second-order valence-corrected chi connectivity index (χ2v) is 6.65. The van der Waals surface area contributed by atoms with Crippen molar-refractivity contribution in [2.45, 2.75) is 13.0 Å². The Kier molecular flexibility index (Phi) is 4.95. The largest absolute Gasteiger partial charge is 0.481 e. The molecule has 2 unspecified atom stereocenters. The molecular formula is C11H14BrN3O4S. The molecule has 0 spiro atoms. The topological polar surface area (TPSA) is 91.8 Å². The zero-order valence-corrected chi connectivity index (χ0v) is 13.1. The van der Waals surface area contributed by atoms with Crippen molar-refractivity contribution in [3.63, 3.8) is 0 Å². The molecule has 0 bridgehead atoms. The van der Waals surface area contributed by atoms with Crippen LogP contribution in [0.15, 0.2) is 9.98 Å². The predicted octanol–water partition coefficient (Wildman–Crippen LogP) is 1.86. The Morgan fingerprint density at radius 1 is 1.65 bits per heavy atom. The van der Waals surface area contributed by atoms with Gasteiger partial charge in [-0.15, -0.1) is 0 Å². The summed E-state index contributed by atoms with van der Waals surface area (Å²) in [6, 6.07) is -0.822. The Labute approximate surface area is 128 Å². The van der Waals surface area contributed by atoms with Crippen LogP contribution in [0.3, 0.4) is 0 Å². The molecule has 110 valence electrons. The van der Waals surface area contributed by atoms with E-state index in [-0.39, 0.29) is 19.2 Å². The van der Waals surface area contributed by atoms with Crippen LogP contribution in [-0.4, -0.2) is 52.8 Å². The third-order valence-electron chi connectivity index (χ3n) is 3.06. The highest BCUT2D eigenvalue weighted by Crippen LogP contribution is 2.25. The zero-order valence-electron chi connectivity index (χ0n) is 10.7. The number of nitrogens with zero attached hydrogens (tertiary/aromatic N) is 2. The van der Waals surface area contributed by atoms with E-state index in [2.05, 4.69) is 26.2 Å². The van der Waals surface area contributed by atoms with Crippen LogP contribution < -0.4 is 5.32 Å². The molecule has 2 amide bonds. The molecule has 0 saturated carbocycles. The summed E-state index contributed by atoms with van der Waals surface area (Å²) < 4.78 is 6.00. The van der Waals surface area contributed by atoms with Gasteiger partial charge < -0.3 is 14.7 Å². The summed E-state index contributed by atoms with van der Waals surface area (Å²) in [6.07, 6.45) is 1.59. The average Bonchev–Trinajstić information content (AvgIpc) is 3.00. The number of urea groups is 1. The van der Waals surface area contributed by atoms with Gasteiger partial charge in [0.2, 0.25) is 0 Å². The van der Waals surface area contributed by atoms with Crippen molar-refractivity contribution >= 4 is 44.4 Å². The normalized spacial score (nSPS) is 21.7. The van der Waals surface area contributed by atoms with Crippen molar-refractivity contribution in [2.75, 3.05) is 25.1 Å². The summed E-state index contributed by atoms with van der Waals surface area (Å²) in [6.45, 7) is 2.57. The Bertz CT molecular complexity index is 510. The fourth-order valence-electron chi connectivity index (χ4n) is 2.09. The Morgan fingerprint density at radius 2 is 2.40 bits per heavy atom. The minimum atomic E-state index is -0.948. The van der Waals surface area contributed by atoms with E-state index >= 15 is 0 Å². The number of nitrogens with one attached hydrogen (secondary N) is 1. The minimum absolute atomic E-state index is 0.132. The first-order valence-corrected chi connectivity index (χ1v) is 7.63. The number of rotatable bonds is 4. The number of amides is 2. The van der Waals surface area contributed by atoms with E-state index in [1.807, 2.05) is 0 Å². The number of anilines is 1. The van der Waals surface area contributed by atoms with Crippen molar-refractivity contribution < 1.29 is 19.4 Å². The van der Waals surface area contributed by atoms with Crippen molar-refractivity contribution in [1.29, 1.82) is 0 Å². The quantitative estimate of drug-likeness (QED) is 0.851. The van der Waals surface area contributed by atoms with Gasteiger partial charge in [0.05, 0.1) is 29.2 Å². The number of aliphatic carboxylic acids is 1. The van der Waals surface area contributed by atoms with Crippen LogP contribution in [0.2, 0.25) is 0 Å². The van der Waals surface area contributed by atoms with Crippen LogP contribution in [0.1, 0.15) is 6.92 Å². The van der Waals surface area contributed by atoms with Gasteiger partial charge in [0.25, 0.3) is 0 Å².